The van der Waals surface area contributed by atoms with Gasteiger partial charge < -0.3 is 4.98 Å². The molecular formula is C16H24HgN6O7+2. The average molecular weight is 613 g/mol. The third-order valence-electron chi connectivity index (χ3n) is 4.01. The van der Waals surface area contributed by atoms with Crippen LogP contribution < -0.4 is 21.6 Å². The summed E-state index contributed by atoms with van der Waals surface area (Å²) in [6.45, 7) is 0.408. The minimum atomic E-state index is -1.05. The molecule has 160 valence electrons. The van der Waals surface area contributed by atoms with Crippen molar-refractivity contribution in [3.05, 3.63) is 27.2 Å². The van der Waals surface area contributed by atoms with Crippen LogP contribution in [0.1, 0.15) is 12.8 Å². The molecular weight excluding hydrogens is 589 g/mol. The summed E-state index contributed by atoms with van der Waals surface area (Å²) < 4.78 is 8.44. The van der Waals surface area contributed by atoms with E-state index in [1.807, 2.05) is 0 Å². The van der Waals surface area contributed by atoms with Crippen LogP contribution in [0.15, 0.2) is 15.9 Å². The molecule has 2 rings (SSSR count). The Morgan fingerprint density at radius 1 is 1.30 bits per heavy atom. The zero-order valence-corrected chi connectivity index (χ0v) is 22.5. The van der Waals surface area contributed by atoms with E-state index in [1.54, 1.807) is 14.2 Å². The molecule has 0 fully saturated rings. The van der Waals surface area contributed by atoms with Crippen molar-refractivity contribution < 1.29 is 55.7 Å². The molecule has 0 aliphatic heterocycles. The number of hydrogen-bond donors (Lipinski definition) is 5. The summed E-state index contributed by atoms with van der Waals surface area (Å²) in [5.41, 5.74) is 0.0119. The van der Waals surface area contributed by atoms with Crippen LogP contribution in [0.5, 0.6) is 0 Å². The second-order valence-electron chi connectivity index (χ2n) is 6.12. The van der Waals surface area contributed by atoms with Gasteiger partial charge in [0.1, 0.15) is 5.52 Å². The maximum Gasteiger partial charge on any atom is 0.332 e. The molecule has 1 atom stereocenters. The molecule has 0 radical (unpaired) electrons. The Morgan fingerprint density at radius 3 is 2.53 bits per heavy atom. The second-order valence-corrected chi connectivity index (χ2v) is 8.37. The first kappa shape index (κ1) is 25.5. The summed E-state index contributed by atoms with van der Waals surface area (Å²) in [5, 5.41) is 19.8. The number of hydrogen-bond acceptors (Lipinski definition) is 6. The van der Waals surface area contributed by atoms with E-state index < -0.39 is 11.9 Å². The number of amides is 1. The van der Waals surface area contributed by atoms with Crippen molar-refractivity contribution in [3.8, 4) is 0 Å². The van der Waals surface area contributed by atoms with E-state index in [0.717, 1.165) is 8.50 Å². The van der Waals surface area contributed by atoms with E-state index >= 15 is 0 Å². The molecule has 0 aromatic carbocycles. The molecule has 13 nitrogen and oxygen atoms in total. The first-order chi connectivity index (χ1) is 14.1. The number of aromatic amines is 1. The number of imidazole rings is 1. The van der Waals surface area contributed by atoms with Crippen LogP contribution in [-0.4, -0.2) is 67.0 Å². The van der Waals surface area contributed by atoms with Gasteiger partial charge in [0.05, 0.1) is 6.33 Å². The normalized spacial score (nSPS) is 12.2. The number of aryl methyl sites for hydroxylation is 1. The fourth-order valence-corrected chi connectivity index (χ4v) is 3.95. The number of rotatable bonds is 7. The molecule has 30 heavy (non-hydrogen) atoms. The van der Waals surface area contributed by atoms with Gasteiger partial charge in [0, 0.05) is 14.1 Å². The molecule has 2 aromatic rings. The fourth-order valence-electron chi connectivity index (χ4n) is 2.24. The molecule has 1 amide bonds. The van der Waals surface area contributed by atoms with Gasteiger partial charge in [0.15, 0.2) is 5.65 Å². The number of ether oxygens (including phenoxy) is 1. The number of carboxylic acids is 1. The number of aliphatic carboxylic acids is 1. The van der Waals surface area contributed by atoms with Crippen molar-refractivity contribution in [3.63, 3.8) is 0 Å². The van der Waals surface area contributed by atoms with Gasteiger partial charge in [0.25, 0.3) is 5.56 Å². The Balaban J connectivity index is 0.000000308. The van der Waals surface area contributed by atoms with Gasteiger partial charge in [0.2, 0.25) is 0 Å². The van der Waals surface area contributed by atoms with E-state index in [1.165, 1.54) is 17.9 Å². The van der Waals surface area contributed by atoms with Crippen LogP contribution in [0.25, 0.3) is 11.2 Å². The molecule has 1 unspecified atom stereocenters. The number of amidine groups is 1. The Bertz CT molecular complexity index is 1020. The molecule has 2 aromatic heterocycles. The van der Waals surface area contributed by atoms with Gasteiger partial charge in [-0.2, -0.15) is 0 Å². The average Bonchev–Trinajstić information content (AvgIpc) is 3.20. The summed E-state index contributed by atoms with van der Waals surface area (Å²) in [5.74, 6) is -1.59. The number of methoxy groups -OCH3 is 1. The molecule has 0 aliphatic rings. The number of fused-ring (bicyclic) bond motifs is 1. The van der Waals surface area contributed by atoms with Crippen molar-refractivity contribution in [1.29, 1.82) is 0 Å². The van der Waals surface area contributed by atoms with Crippen LogP contribution in [-0.2, 0) is 54.5 Å². The molecule has 0 spiro atoms. The molecule has 0 saturated heterocycles. The van der Waals surface area contributed by atoms with Gasteiger partial charge >= 0.3 is 121 Å². The Labute approximate surface area is 186 Å². The summed E-state index contributed by atoms with van der Waals surface area (Å²) in [4.78, 5) is 53.3. The minimum absolute atomic E-state index is 0.0244. The van der Waals surface area contributed by atoms with Crippen LogP contribution in [0.4, 0.5) is 0 Å². The van der Waals surface area contributed by atoms with Crippen molar-refractivity contribution >= 4 is 29.1 Å². The summed E-state index contributed by atoms with van der Waals surface area (Å²) in [6, 6.07) is -0.371. The SMILES string of the molecule is COC([CH2][Hg+])C[NH+]=C(O)NC(=O)CCC(=O)O.Cn1c(=O)c2[nH]cnc2n(C)c1=O. The zero-order valence-electron chi connectivity index (χ0n) is 17.0. The number of carbonyl (C=O) groups excluding carboxylic acids is 1. The summed E-state index contributed by atoms with van der Waals surface area (Å²) in [6.07, 6.45) is 0.989. The van der Waals surface area contributed by atoms with Crippen molar-refractivity contribution in [1.82, 2.24) is 24.4 Å². The Morgan fingerprint density at radius 2 is 1.97 bits per heavy atom. The Hall–Kier alpha value is -2.54. The smallest absolute Gasteiger partial charge is 0.332 e. The topological polar surface area (TPSA) is 183 Å². The maximum absolute atomic E-state index is 11.4. The quantitative estimate of drug-likeness (QED) is 0.124. The van der Waals surface area contributed by atoms with Gasteiger partial charge in [-0.3, -0.25) is 13.9 Å². The van der Waals surface area contributed by atoms with Gasteiger partial charge in [-0.1, -0.05) is 0 Å². The first-order valence-corrected chi connectivity index (χ1v) is 12.7. The number of carboxylic acid groups (broad SMARTS) is 1. The van der Waals surface area contributed by atoms with Crippen LogP contribution in [0, 0.1) is 0 Å². The number of H-pyrrole nitrogens is 1. The van der Waals surface area contributed by atoms with Crippen molar-refractivity contribution in [2.75, 3.05) is 13.7 Å². The monoisotopic (exact) mass is 614 g/mol. The molecule has 5 N–H and O–H groups in total. The maximum atomic E-state index is 11.4. The summed E-state index contributed by atoms with van der Waals surface area (Å²) >= 11 is 0.601. The number of aliphatic hydroxyl groups is 1. The van der Waals surface area contributed by atoms with Gasteiger partial charge in [-0.25, -0.2) is 9.78 Å². The number of aromatic nitrogens is 4. The van der Waals surface area contributed by atoms with E-state index in [2.05, 4.69) is 20.3 Å². The number of carbonyl (C=O) groups is 2. The van der Waals surface area contributed by atoms with E-state index in [-0.39, 0.29) is 36.2 Å². The van der Waals surface area contributed by atoms with Crippen molar-refractivity contribution in [2.24, 2.45) is 14.1 Å². The molecule has 0 saturated carbocycles. The third-order valence-corrected chi connectivity index (χ3v) is 6.51. The molecule has 0 bridgehead atoms. The van der Waals surface area contributed by atoms with Crippen LogP contribution in [0.2, 0.25) is 3.93 Å². The largest absolute Gasteiger partial charge is 0.339 e. The number of aliphatic hydroxyl groups excluding tert-OH is 1. The van der Waals surface area contributed by atoms with Gasteiger partial charge in [-0.15, -0.1) is 0 Å². The molecule has 0 aliphatic carbocycles. The van der Waals surface area contributed by atoms with Crippen molar-refractivity contribution in [2.45, 2.75) is 22.9 Å². The predicted octanol–water partition coefficient (Wildman–Crippen LogP) is -3.10. The van der Waals surface area contributed by atoms with E-state index in [9.17, 15) is 24.3 Å². The van der Waals surface area contributed by atoms with Crippen LogP contribution >= 0.6 is 0 Å². The fraction of sp³-hybridized carbons (Fsp3) is 0.500. The predicted molar refractivity (Wildman–Crippen MR) is 101 cm³/mol. The first-order valence-electron chi connectivity index (χ1n) is 8.84. The number of nitrogens with one attached hydrogen (secondary N) is 3. The van der Waals surface area contributed by atoms with E-state index in [4.69, 9.17) is 9.84 Å². The van der Waals surface area contributed by atoms with E-state index in [0.29, 0.717) is 43.8 Å². The Kier molecular flexibility index (Phi) is 10.4. The van der Waals surface area contributed by atoms with Crippen LogP contribution in [0.3, 0.4) is 0 Å². The zero-order chi connectivity index (χ0) is 22.8. The third kappa shape index (κ3) is 7.37. The minimum Gasteiger partial charge on any atom is -0.339 e. The molecule has 14 heteroatoms. The van der Waals surface area contributed by atoms with Gasteiger partial charge in [-0.05, 0) is 0 Å². The molecule has 2 heterocycles. The standard InChI is InChI=1S/C9H15N2O5.C7H8N4O2.Hg/c1-6(16-2)5-10-9(15)11-7(12)3-4-8(13)14;1-10-5-4(8-3-9-5)6(12)11(2)7(10)13;/h6H,1,3-5H2,2H3,(H,13,14)(H2,10,11,12,15);3H,1-2H3,(H,8,9);/q;;+1/p+1. The number of nitrogens with zero attached hydrogens (tertiary/aromatic N) is 3. The second kappa shape index (κ2) is 12.2. The summed E-state index contributed by atoms with van der Waals surface area (Å²) in [7, 11) is 4.59.